The summed E-state index contributed by atoms with van der Waals surface area (Å²) in [5.41, 5.74) is 2.32. The molecule has 12 heavy (non-hydrogen) atoms. The van der Waals surface area contributed by atoms with Crippen LogP contribution in [0, 0.1) is 0 Å². The van der Waals surface area contributed by atoms with Crippen LogP contribution < -0.4 is 5.46 Å². The van der Waals surface area contributed by atoms with Crippen LogP contribution in [0.1, 0.15) is 0 Å². The van der Waals surface area contributed by atoms with E-state index in [0.29, 0.717) is 0 Å². The fraction of sp³-hybridized carbons (Fsp3) is 0. The molecule has 1 heterocycles. The van der Waals surface area contributed by atoms with Crippen molar-refractivity contribution in [1.82, 2.24) is 4.98 Å². The Kier molecular flexibility index (Phi) is 1.70. The van der Waals surface area contributed by atoms with E-state index in [1.54, 1.807) is 6.20 Å². The zero-order chi connectivity index (χ0) is 8.39. The quantitative estimate of drug-likeness (QED) is 0.566. The van der Waals surface area contributed by atoms with E-state index >= 15 is 0 Å². The third-order valence-electron chi connectivity index (χ3n) is 1.77. The zero-order valence-electron chi connectivity index (χ0n) is 6.82. The van der Waals surface area contributed by atoms with Gasteiger partial charge < -0.3 is 4.42 Å². The standard InChI is InChI=1S/C9H8BNO/c10-8-3-1-7(2-4-8)9-5-11-6-12-9/h1-6H,10H2. The summed E-state index contributed by atoms with van der Waals surface area (Å²) in [4.78, 5) is 3.85. The lowest BCUT2D eigenvalue weighted by atomic mass is 9.95. The molecule has 0 radical (unpaired) electrons. The molecule has 0 atom stereocenters. The topological polar surface area (TPSA) is 26.0 Å². The minimum atomic E-state index is 0.815. The van der Waals surface area contributed by atoms with Crippen LogP contribution in [0.25, 0.3) is 11.3 Å². The molecule has 3 heteroatoms. The predicted molar refractivity (Wildman–Crippen MR) is 50.1 cm³/mol. The third kappa shape index (κ3) is 1.26. The van der Waals surface area contributed by atoms with Crippen molar-refractivity contribution in [3.63, 3.8) is 0 Å². The van der Waals surface area contributed by atoms with Gasteiger partial charge in [0.25, 0.3) is 0 Å². The monoisotopic (exact) mass is 157 g/mol. The summed E-state index contributed by atoms with van der Waals surface area (Å²) in [7, 11) is 2.06. The molecular formula is C9H8BNO. The highest BCUT2D eigenvalue weighted by Crippen LogP contribution is 2.16. The third-order valence-corrected chi connectivity index (χ3v) is 1.77. The number of nitrogens with zero attached hydrogens (tertiary/aromatic N) is 1. The summed E-state index contributed by atoms with van der Waals surface area (Å²) >= 11 is 0. The van der Waals surface area contributed by atoms with Crippen LogP contribution in [0.5, 0.6) is 0 Å². The van der Waals surface area contributed by atoms with Crippen molar-refractivity contribution in [2.24, 2.45) is 0 Å². The summed E-state index contributed by atoms with van der Waals surface area (Å²) in [5, 5.41) is 0. The molecule has 0 fully saturated rings. The van der Waals surface area contributed by atoms with Crippen molar-refractivity contribution in [2.45, 2.75) is 0 Å². The van der Waals surface area contributed by atoms with E-state index in [1.165, 1.54) is 11.9 Å². The second kappa shape index (κ2) is 2.85. The molecule has 2 aromatic rings. The van der Waals surface area contributed by atoms with E-state index < -0.39 is 0 Å². The zero-order valence-corrected chi connectivity index (χ0v) is 6.82. The van der Waals surface area contributed by atoms with Gasteiger partial charge in [0.2, 0.25) is 0 Å². The van der Waals surface area contributed by atoms with Gasteiger partial charge in [0.05, 0.1) is 6.20 Å². The largest absolute Gasteiger partial charge is 0.444 e. The van der Waals surface area contributed by atoms with Gasteiger partial charge in [-0.15, -0.1) is 0 Å². The van der Waals surface area contributed by atoms with E-state index in [-0.39, 0.29) is 0 Å². The van der Waals surface area contributed by atoms with E-state index in [0.717, 1.165) is 11.3 Å². The molecule has 0 aliphatic carbocycles. The first-order chi connectivity index (χ1) is 5.86. The summed E-state index contributed by atoms with van der Waals surface area (Å²) in [6.45, 7) is 0. The van der Waals surface area contributed by atoms with Crippen LogP contribution in [0.4, 0.5) is 0 Å². The minimum absolute atomic E-state index is 0.815. The van der Waals surface area contributed by atoms with Gasteiger partial charge >= 0.3 is 0 Å². The number of rotatable bonds is 1. The molecule has 0 bridgehead atoms. The number of benzene rings is 1. The lowest BCUT2D eigenvalue weighted by Gasteiger charge is -1.95. The molecule has 0 aliphatic heterocycles. The fourth-order valence-electron chi connectivity index (χ4n) is 1.08. The summed E-state index contributed by atoms with van der Waals surface area (Å²) < 4.78 is 5.15. The Labute approximate surface area is 71.7 Å². The molecule has 2 rings (SSSR count). The van der Waals surface area contributed by atoms with Gasteiger partial charge in [-0.3, -0.25) is 0 Å². The average Bonchev–Trinajstić information content (AvgIpc) is 2.58. The molecular weight excluding hydrogens is 149 g/mol. The first kappa shape index (κ1) is 7.16. The van der Waals surface area contributed by atoms with Crippen LogP contribution >= 0.6 is 0 Å². The minimum Gasteiger partial charge on any atom is -0.444 e. The van der Waals surface area contributed by atoms with Crippen LogP contribution in [0.15, 0.2) is 41.3 Å². The maximum Gasteiger partial charge on any atom is 0.181 e. The van der Waals surface area contributed by atoms with Crippen LogP contribution in [-0.4, -0.2) is 12.8 Å². The Bertz CT molecular complexity index is 353. The van der Waals surface area contributed by atoms with Gasteiger partial charge in [0.15, 0.2) is 12.2 Å². The van der Waals surface area contributed by atoms with Crippen molar-refractivity contribution in [2.75, 3.05) is 0 Å². The maximum atomic E-state index is 5.15. The van der Waals surface area contributed by atoms with Crippen LogP contribution in [0.3, 0.4) is 0 Å². The van der Waals surface area contributed by atoms with Gasteiger partial charge in [0, 0.05) is 5.56 Å². The molecule has 0 spiro atoms. The summed E-state index contributed by atoms with van der Waals surface area (Å²) in [6.07, 6.45) is 3.15. The molecule has 2 nitrogen and oxygen atoms in total. The lowest BCUT2D eigenvalue weighted by Crippen LogP contribution is -1.98. The Morgan fingerprint density at radius 3 is 2.50 bits per heavy atom. The molecule has 58 valence electrons. The summed E-state index contributed by atoms with van der Waals surface area (Å²) in [5.74, 6) is 0.815. The second-order valence-corrected chi connectivity index (χ2v) is 2.73. The first-order valence-corrected chi connectivity index (χ1v) is 3.82. The van der Waals surface area contributed by atoms with Crippen molar-refractivity contribution in [3.8, 4) is 11.3 Å². The van der Waals surface area contributed by atoms with E-state index in [4.69, 9.17) is 4.42 Å². The van der Waals surface area contributed by atoms with Gasteiger partial charge in [-0.25, -0.2) is 4.98 Å². The molecule has 0 aliphatic rings. The highest BCUT2D eigenvalue weighted by Gasteiger charge is 1.98. The normalized spacial score (nSPS) is 10.0. The average molecular weight is 157 g/mol. The molecule has 0 saturated carbocycles. The van der Waals surface area contributed by atoms with Gasteiger partial charge in [-0.05, 0) is 0 Å². The van der Waals surface area contributed by atoms with Gasteiger partial charge in [-0.1, -0.05) is 29.7 Å². The Morgan fingerprint density at radius 2 is 1.92 bits per heavy atom. The van der Waals surface area contributed by atoms with E-state index in [2.05, 4.69) is 25.0 Å². The lowest BCUT2D eigenvalue weighted by molar-refractivity contribution is 0.572. The SMILES string of the molecule is Bc1ccc(-c2cnco2)cc1. The first-order valence-electron chi connectivity index (χ1n) is 3.82. The summed E-state index contributed by atoms with van der Waals surface area (Å²) in [6, 6.07) is 8.15. The van der Waals surface area contributed by atoms with E-state index in [1.807, 2.05) is 12.1 Å². The van der Waals surface area contributed by atoms with Crippen LogP contribution in [0.2, 0.25) is 0 Å². The van der Waals surface area contributed by atoms with Crippen molar-refractivity contribution < 1.29 is 4.42 Å². The Morgan fingerprint density at radius 1 is 1.17 bits per heavy atom. The highest BCUT2D eigenvalue weighted by atomic mass is 16.3. The number of aromatic nitrogens is 1. The van der Waals surface area contributed by atoms with Crippen molar-refractivity contribution in [1.29, 1.82) is 0 Å². The molecule has 1 aromatic carbocycles. The number of hydrogen-bond acceptors (Lipinski definition) is 2. The number of hydrogen-bond donors (Lipinski definition) is 0. The molecule has 0 amide bonds. The molecule has 0 unspecified atom stereocenters. The smallest absolute Gasteiger partial charge is 0.181 e. The maximum absolute atomic E-state index is 5.15. The Balaban J connectivity index is 2.43. The predicted octanol–water partition coefficient (Wildman–Crippen LogP) is 0.600. The van der Waals surface area contributed by atoms with Crippen molar-refractivity contribution >= 4 is 13.3 Å². The second-order valence-electron chi connectivity index (χ2n) is 2.73. The van der Waals surface area contributed by atoms with Gasteiger partial charge in [0.1, 0.15) is 7.85 Å². The van der Waals surface area contributed by atoms with Crippen molar-refractivity contribution in [3.05, 3.63) is 36.9 Å². The molecule has 0 N–H and O–H groups in total. The van der Waals surface area contributed by atoms with E-state index in [9.17, 15) is 0 Å². The molecule has 1 aromatic heterocycles. The van der Waals surface area contributed by atoms with Crippen LogP contribution in [-0.2, 0) is 0 Å². The highest BCUT2D eigenvalue weighted by molar-refractivity contribution is 6.32. The molecule has 0 saturated heterocycles. The fourth-order valence-corrected chi connectivity index (χ4v) is 1.08. The van der Waals surface area contributed by atoms with Gasteiger partial charge in [-0.2, -0.15) is 0 Å². The Hall–Kier alpha value is -1.51. The number of oxazole rings is 1.